The molecule has 0 unspecified atom stereocenters. The van der Waals surface area contributed by atoms with Crippen LogP contribution in [0.25, 0.3) is 11.3 Å². The van der Waals surface area contributed by atoms with Crippen LogP contribution in [0.3, 0.4) is 0 Å². The Balaban J connectivity index is 1.63. The van der Waals surface area contributed by atoms with Crippen LogP contribution in [-0.2, 0) is 4.74 Å². The second-order valence-corrected chi connectivity index (χ2v) is 8.36. The van der Waals surface area contributed by atoms with E-state index in [0.717, 1.165) is 38.9 Å². The molecule has 1 spiro atoms. The second kappa shape index (κ2) is 8.26. The van der Waals surface area contributed by atoms with E-state index in [4.69, 9.17) is 14.0 Å². The molecule has 1 aromatic heterocycles. The molecule has 162 valence electrons. The fourth-order valence-corrected chi connectivity index (χ4v) is 4.42. The number of ether oxygens (including phenoxy) is 2. The van der Waals surface area contributed by atoms with Gasteiger partial charge in [-0.05, 0) is 49.3 Å². The molecule has 0 atom stereocenters. The number of methoxy groups -OCH3 is 1. The molecule has 2 aromatic rings. The Bertz CT molecular complexity index is 911. The Morgan fingerprint density at radius 2 is 1.90 bits per heavy atom. The van der Waals surface area contributed by atoms with Crippen molar-refractivity contribution in [3.63, 3.8) is 0 Å². The number of benzene rings is 1. The zero-order valence-electron chi connectivity index (χ0n) is 17.7. The van der Waals surface area contributed by atoms with Gasteiger partial charge < -0.3 is 23.8 Å². The van der Waals surface area contributed by atoms with Crippen molar-refractivity contribution in [3.05, 3.63) is 29.6 Å². The van der Waals surface area contributed by atoms with Gasteiger partial charge in [-0.2, -0.15) is 0 Å². The van der Waals surface area contributed by atoms with Gasteiger partial charge in [-0.15, -0.1) is 0 Å². The molecule has 0 N–H and O–H groups in total. The number of hydrogen-bond acceptors (Lipinski definition) is 6. The monoisotopic (exact) mass is 417 g/mol. The Morgan fingerprint density at radius 3 is 2.53 bits per heavy atom. The lowest BCUT2D eigenvalue weighted by Gasteiger charge is -2.44. The smallest absolute Gasteiger partial charge is 0.261 e. The van der Waals surface area contributed by atoms with Gasteiger partial charge in [-0.1, -0.05) is 5.16 Å². The van der Waals surface area contributed by atoms with Crippen molar-refractivity contribution in [2.45, 2.75) is 25.7 Å². The van der Waals surface area contributed by atoms with Crippen molar-refractivity contribution in [3.8, 4) is 17.1 Å². The van der Waals surface area contributed by atoms with Gasteiger partial charge in [0.25, 0.3) is 5.91 Å². The second-order valence-electron chi connectivity index (χ2n) is 8.36. The standard InChI is InChI=1S/C22H28FN3O4/c1-25(2)20-18(19(30-24-20)15-4-5-16(23)17(14-15)28-3)21(27)26-10-6-22(7-11-26)8-12-29-13-9-22/h4-5,14H,6-13H2,1-3H3. The summed E-state index contributed by atoms with van der Waals surface area (Å²) < 4.78 is 30.1. The zero-order chi connectivity index (χ0) is 21.3. The Labute approximate surface area is 175 Å². The summed E-state index contributed by atoms with van der Waals surface area (Å²) in [7, 11) is 5.04. The van der Waals surface area contributed by atoms with E-state index in [1.807, 2.05) is 19.0 Å². The summed E-state index contributed by atoms with van der Waals surface area (Å²) in [6.45, 7) is 3.01. The van der Waals surface area contributed by atoms with Gasteiger partial charge in [0.15, 0.2) is 23.1 Å². The van der Waals surface area contributed by atoms with Crippen LogP contribution >= 0.6 is 0 Å². The van der Waals surface area contributed by atoms with Crippen LogP contribution in [0.5, 0.6) is 5.75 Å². The van der Waals surface area contributed by atoms with Crippen molar-refractivity contribution >= 4 is 11.7 Å². The van der Waals surface area contributed by atoms with Gasteiger partial charge in [-0.3, -0.25) is 4.79 Å². The molecule has 0 radical (unpaired) electrons. The van der Waals surface area contributed by atoms with Crippen LogP contribution in [-0.4, -0.2) is 63.5 Å². The number of carbonyl (C=O) groups is 1. The first-order chi connectivity index (χ1) is 14.4. The van der Waals surface area contributed by atoms with Gasteiger partial charge in [0.2, 0.25) is 0 Å². The molecule has 2 aliphatic rings. The van der Waals surface area contributed by atoms with Crippen molar-refractivity contribution in [1.29, 1.82) is 0 Å². The number of halogens is 1. The molecule has 2 aliphatic heterocycles. The third-order valence-corrected chi connectivity index (χ3v) is 6.39. The van der Waals surface area contributed by atoms with E-state index < -0.39 is 5.82 Å². The first-order valence-corrected chi connectivity index (χ1v) is 10.3. The molecule has 0 saturated carbocycles. The molecule has 30 heavy (non-hydrogen) atoms. The van der Waals surface area contributed by atoms with Crippen LogP contribution in [0.1, 0.15) is 36.0 Å². The van der Waals surface area contributed by atoms with Gasteiger partial charge in [0.05, 0.1) is 7.11 Å². The SMILES string of the molecule is COc1cc(-c2onc(N(C)C)c2C(=O)N2CCC3(CCOCC3)CC2)ccc1F. The average Bonchev–Trinajstić information content (AvgIpc) is 3.20. The molecule has 7 nitrogen and oxygen atoms in total. The van der Waals surface area contributed by atoms with Crippen LogP contribution in [0, 0.1) is 11.2 Å². The zero-order valence-corrected chi connectivity index (χ0v) is 17.7. The summed E-state index contributed by atoms with van der Waals surface area (Å²) in [6.07, 6.45) is 4.08. The number of likely N-dealkylation sites (tertiary alicyclic amines) is 1. The predicted molar refractivity (Wildman–Crippen MR) is 110 cm³/mol. The number of hydrogen-bond donors (Lipinski definition) is 0. The summed E-state index contributed by atoms with van der Waals surface area (Å²) in [5.41, 5.74) is 1.24. The minimum Gasteiger partial charge on any atom is -0.494 e. The molecule has 2 saturated heterocycles. The van der Waals surface area contributed by atoms with Gasteiger partial charge in [0.1, 0.15) is 5.56 Å². The lowest BCUT2D eigenvalue weighted by Crippen LogP contribution is -2.45. The maximum atomic E-state index is 13.9. The number of aromatic nitrogens is 1. The van der Waals surface area contributed by atoms with E-state index in [1.165, 1.54) is 19.2 Å². The molecule has 1 aromatic carbocycles. The molecule has 8 heteroatoms. The van der Waals surface area contributed by atoms with Gasteiger partial charge >= 0.3 is 0 Å². The Kier molecular flexibility index (Phi) is 5.69. The lowest BCUT2D eigenvalue weighted by molar-refractivity contribution is -0.0175. The highest BCUT2D eigenvalue weighted by molar-refractivity contribution is 6.04. The van der Waals surface area contributed by atoms with Crippen molar-refractivity contribution in [2.75, 3.05) is 52.4 Å². The minimum atomic E-state index is -0.473. The van der Waals surface area contributed by atoms with Crippen LogP contribution < -0.4 is 9.64 Å². The summed E-state index contributed by atoms with van der Waals surface area (Å²) in [5.74, 6) is 0.297. The van der Waals surface area contributed by atoms with E-state index in [-0.39, 0.29) is 11.7 Å². The fraction of sp³-hybridized carbons (Fsp3) is 0.545. The van der Waals surface area contributed by atoms with Crippen LogP contribution in [0.15, 0.2) is 22.7 Å². The van der Waals surface area contributed by atoms with E-state index in [2.05, 4.69) is 5.16 Å². The lowest BCUT2D eigenvalue weighted by atomic mass is 9.72. The molecule has 0 bridgehead atoms. The fourth-order valence-electron chi connectivity index (χ4n) is 4.42. The highest BCUT2D eigenvalue weighted by atomic mass is 19.1. The third kappa shape index (κ3) is 3.76. The first-order valence-electron chi connectivity index (χ1n) is 10.3. The maximum absolute atomic E-state index is 13.9. The number of carbonyl (C=O) groups excluding carboxylic acids is 1. The summed E-state index contributed by atoms with van der Waals surface area (Å²) >= 11 is 0. The average molecular weight is 417 g/mol. The van der Waals surface area contributed by atoms with Crippen LogP contribution in [0.2, 0.25) is 0 Å². The van der Waals surface area contributed by atoms with E-state index >= 15 is 0 Å². The molecular formula is C22H28FN3O4. The maximum Gasteiger partial charge on any atom is 0.261 e. The molecule has 1 amide bonds. The van der Waals surface area contributed by atoms with Crippen molar-refractivity contribution < 1.29 is 23.2 Å². The normalized spacial score (nSPS) is 18.5. The summed E-state index contributed by atoms with van der Waals surface area (Å²) in [5, 5.41) is 4.12. The number of amides is 1. The highest BCUT2D eigenvalue weighted by Gasteiger charge is 2.39. The molecule has 4 rings (SSSR count). The quantitative estimate of drug-likeness (QED) is 0.757. The number of rotatable bonds is 4. The Hall–Kier alpha value is -2.61. The minimum absolute atomic E-state index is 0.0909. The van der Waals surface area contributed by atoms with E-state index in [0.29, 0.717) is 41.2 Å². The largest absolute Gasteiger partial charge is 0.494 e. The number of piperidine rings is 1. The number of nitrogens with zero attached hydrogens (tertiary/aromatic N) is 3. The summed E-state index contributed by atoms with van der Waals surface area (Å²) in [4.78, 5) is 17.2. The molecule has 3 heterocycles. The molecule has 2 fully saturated rings. The summed E-state index contributed by atoms with van der Waals surface area (Å²) in [6, 6.07) is 4.40. The first kappa shape index (κ1) is 20.7. The topological polar surface area (TPSA) is 68.0 Å². The van der Waals surface area contributed by atoms with Crippen LogP contribution in [0.4, 0.5) is 10.2 Å². The molecular weight excluding hydrogens is 389 g/mol. The Morgan fingerprint density at radius 1 is 1.20 bits per heavy atom. The van der Waals surface area contributed by atoms with E-state index in [9.17, 15) is 9.18 Å². The van der Waals surface area contributed by atoms with Gasteiger partial charge in [-0.25, -0.2) is 4.39 Å². The number of anilines is 1. The highest BCUT2D eigenvalue weighted by Crippen LogP contribution is 2.42. The molecule has 0 aliphatic carbocycles. The third-order valence-electron chi connectivity index (χ3n) is 6.39. The van der Waals surface area contributed by atoms with Crippen molar-refractivity contribution in [2.24, 2.45) is 5.41 Å². The van der Waals surface area contributed by atoms with Gasteiger partial charge in [0, 0.05) is 46.0 Å². The predicted octanol–water partition coefficient (Wildman–Crippen LogP) is 3.59. The van der Waals surface area contributed by atoms with Crippen molar-refractivity contribution in [1.82, 2.24) is 10.1 Å². The van der Waals surface area contributed by atoms with E-state index in [1.54, 1.807) is 11.0 Å².